The number of ketones is 2. The van der Waals surface area contributed by atoms with Gasteiger partial charge in [0.25, 0.3) is 0 Å². The first-order valence-electron chi connectivity index (χ1n) is 4.78. The molecule has 15 heavy (non-hydrogen) atoms. The summed E-state index contributed by atoms with van der Waals surface area (Å²) >= 11 is 0. The molecule has 0 saturated carbocycles. The maximum atomic E-state index is 11.9. The molecule has 0 radical (unpaired) electrons. The highest BCUT2D eigenvalue weighted by Crippen LogP contribution is 2.25. The number of allylic oxidation sites excluding steroid dienone is 2. The molecule has 2 heterocycles. The fourth-order valence-electron chi connectivity index (χ4n) is 1.71. The largest absolute Gasteiger partial charge is 0.365 e. The monoisotopic (exact) mass is 200 g/mol. The lowest BCUT2D eigenvalue weighted by Gasteiger charge is -2.14. The first-order chi connectivity index (χ1) is 7.27. The van der Waals surface area contributed by atoms with E-state index < -0.39 is 0 Å². The summed E-state index contributed by atoms with van der Waals surface area (Å²) in [6, 6.07) is 3.33. The number of nitrogens with zero attached hydrogens (tertiary/aromatic N) is 2. The first-order valence-corrected chi connectivity index (χ1v) is 4.78. The van der Waals surface area contributed by atoms with Gasteiger partial charge in [-0.1, -0.05) is 0 Å². The Morgan fingerprint density at radius 3 is 2.80 bits per heavy atom. The Kier molecular flexibility index (Phi) is 1.54. The van der Waals surface area contributed by atoms with E-state index in [9.17, 15) is 9.59 Å². The van der Waals surface area contributed by atoms with Gasteiger partial charge in [-0.05, 0) is 12.1 Å². The van der Waals surface area contributed by atoms with Crippen molar-refractivity contribution in [3.63, 3.8) is 0 Å². The SMILES string of the molecule is O=C1C(N2CC2)=CC(=O)c2ncccc21. The number of aromatic nitrogens is 1. The first kappa shape index (κ1) is 8.35. The minimum Gasteiger partial charge on any atom is -0.365 e. The van der Waals surface area contributed by atoms with Crippen molar-refractivity contribution in [3.8, 4) is 0 Å². The maximum absolute atomic E-state index is 11.9. The Bertz CT molecular complexity index is 501. The summed E-state index contributed by atoms with van der Waals surface area (Å²) in [5, 5.41) is 0. The van der Waals surface area contributed by atoms with Crippen LogP contribution in [0.1, 0.15) is 20.8 Å². The van der Waals surface area contributed by atoms with E-state index in [0.717, 1.165) is 13.1 Å². The molecule has 0 bridgehead atoms. The second-order valence-corrected chi connectivity index (χ2v) is 3.61. The lowest BCUT2D eigenvalue weighted by molar-refractivity contribution is 0.0967. The molecule has 1 fully saturated rings. The second-order valence-electron chi connectivity index (χ2n) is 3.61. The minimum atomic E-state index is -0.174. The Morgan fingerprint density at radius 1 is 1.27 bits per heavy atom. The van der Waals surface area contributed by atoms with E-state index in [0.29, 0.717) is 11.3 Å². The van der Waals surface area contributed by atoms with Crippen LogP contribution >= 0.6 is 0 Å². The van der Waals surface area contributed by atoms with Gasteiger partial charge in [0.1, 0.15) is 5.69 Å². The zero-order chi connectivity index (χ0) is 10.4. The zero-order valence-corrected chi connectivity index (χ0v) is 7.93. The summed E-state index contributed by atoms with van der Waals surface area (Å²) in [5.74, 6) is -0.262. The third-order valence-corrected chi connectivity index (χ3v) is 2.57. The highest BCUT2D eigenvalue weighted by Gasteiger charge is 2.33. The third-order valence-electron chi connectivity index (χ3n) is 2.57. The van der Waals surface area contributed by atoms with Crippen molar-refractivity contribution in [2.45, 2.75) is 0 Å². The van der Waals surface area contributed by atoms with Crippen molar-refractivity contribution in [2.75, 3.05) is 13.1 Å². The van der Waals surface area contributed by atoms with E-state index in [-0.39, 0.29) is 17.3 Å². The molecule has 4 nitrogen and oxygen atoms in total. The second kappa shape index (κ2) is 2.76. The standard InChI is InChI=1S/C11H8N2O2/c14-9-6-8(13-4-5-13)11(15)7-2-1-3-12-10(7)9/h1-3,6H,4-5H2. The molecule has 0 spiro atoms. The molecule has 0 N–H and O–H groups in total. The number of rotatable bonds is 1. The number of fused-ring (bicyclic) bond motifs is 1. The Balaban J connectivity index is 2.15. The van der Waals surface area contributed by atoms with E-state index >= 15 is 0 Å². The fourth-order valence-corrected chi connectivity index (χ4v) is 1.71. The van der Waals surface area contributed by atoms with Crippen molar-refractivity contribution >= 4 is 11.6 Å². The molecule has 1 aliphatic carbocycles. The van der Waals surface area contributed by atoms with E-state index in [1.54, 1.807) is 12.1 Å². The van der Waals surface area contributed by atoms with Crippen LogP contribution in [0.3, 0.4) is 0 Å². The molecule has 4 heteroatoms. The van der Waals surface area contributed by atoms with Crippen LogP contribution in [0.5, 0.6) is 0 Å². The van der Waals surface area contributed by atoms with Crippen LogP contribution in [0, 0.1) is 0 Å². The molecule has 2 aliphatic rings. The van der Waals surface area contributed by atoms with E-state index in [1.807, 2.05) is 4.90 Å². The number of carbonyl (C=O) groups is 2. The summed E-state index contributed by atoms with van der Waals surface area (Å²) in [5.41, 5.74) is 1.21. The molecule has 1 aromatic rings. The number of Topliss-reactive ketones (excluding diaryl/α,β-unsaturated/α-hetero) is 1. The number of carbonyl (C=O) groups excluding carboxylic acids is 2. The predicted molar refractivity (Wildman–Crippen MR) is 52.6 cm³/mol. The van der Waals surface area contributed by atoms with Crippen molar-refractivity contribution in [3.05, 3.63) is 41.4 Å². The fraction of sp³-hybridized carbons (Fsp3) is 0.182. The van der Waals surface area contributed by atoms with E-state index in [1.165, 1.54) is 12.3 Å². The van der Waals surface area contributed by atoms with Gasteiger partial charge in [0.15, 0.2) is 0 Å². The van der Waals surface area contributed by atoms with Gasteiger partial charge in [-0.25, -0.2) is 0 Å². The molecule has 1 aliphatic heterocycles. The molecule has 1 aromatic heterocycles. The van der Waals surface area contributed by atoms with Gasteiger partial charge in [0.05, 0.1) is 11.3 Å². The van der Waals surface area contributed by atoms with Crippen LogP contribution in [0.4, 0.5) is 0 Å². The van der Waals surface area contributed by atoms with Gasteiger partial charge in [-0.3, -0.25) is 14.6 Å². The van der Waals surface area contributed by atoms with Crippen LogP contribution in [-0.4, -0.2) is 34.5 Å². The maximum Gasteiger partial charge on any atom is 0.211 e. The Morgan fingerprint density at radius 2 is 2.07 bits per heavy atom. The van der Waals surface area contributed by atoms with Gasteiger partial charge in [0.2, 0.25) is 11.6 Å². The predicted octanol–water partition coefficient (Wildman–Crippen LogP) is 0.660. The van der Waals surface area contributed by atoms with Gasteiger partial charge >= 0.3 is 0 Å². The zero-order valence-electron chi connectivity index (χ0n) is 7.93. The van der Waals surface area contributed by atoms with Crippen LogP contribution in [0.15, 0.2) is 30.1 Å². The summed E-state index contributed by atoms with van der Waals surface area (Å²) in [7, 11) is 0. The summed E-state index contributed by atoms with van der Waals surface area (Å²) in [4.78, 5) is 29.4. The van der Waals surface area contributed by atoms with Gasteiger partial charge < -0.3 is 4.90 Å². The van der Waals surface area contributed by atoms with Crippen molar-refractivity contribution in [1.82, 2.24) is 9.88 Å². The van der Waals surface area contributed by atoms with Crippen LogP contribution in [0.25, 0.3) is 0 Å². The molecule has 3 rings (SSSR count). The molecule has 74 valence electrons. The molecule has 0 amide bonds. The quantitative estimate of drug-likeness (QED) is 0.625. The smallest absolute Gasteiger partial charge is 0.211 e. The topological polar surface area (TPSA) is 50.0 Å². The van der Waals surface area contributed by atoms with Crippen molar-refractivity contribution in [1.29, 1.82) is 0 Å². The average molecular weight is 200 g/mol. The highest BCUT2D eigenvalue weighted by molar-refractivity contribution is 6.23. The summed E-state index contributed by atoms with van der Waals surface area (Å²) < 4.78 is 0. The minimum absolute atomic E-state index is 0.0878. The molecule has 0 unspecified atom stereocenters. The van der Waals surface area contributed by atoms with E-state index in [4.69, 9.17) is 0 Å². The number of hydrogen-bond donors (Lipinski definition) is 0. The van der Waals surface area contributed by atoms with Crippen molar-refractivity contribution in [2.24, 2.45) is 0 Å². The summed E-state index contributed by atoms with van der Waals surface area (Å²) in [6.45, 7) is 1.72. The highest BCUT2D eigenvalue weighted by atomic mass is 16.1. The third kappa shape index (κ3) is 1.18. The molecule has 1 saturated heterocycles. The van der Waals surface area contributed by atoms with Gasteiger partial charge in [-0.2, -0.15) is 0 Å². The molecular weight excluding hydrogens is 192 g/mol. The van der Waals surface area contributed by atoms with E-state index in [2.05, 4.69) is 4.98 Å². The Hall–Kier alpha value is -1.97. The lowest BCUT2D eigenvalue weighted by Crippen LogP contribution is -2.22. The van der Waals surface area contributed by atoms with Crippen molar-refractivity contribution < 1.29 is 9.59 Å². The summed E-state index contributed by atoms with van der Waals surface area (Å²) in [6.07, 6.45) is 2.92. The van der Waals surface area contributed by atoms with Crippen LogP contribution in [0.2, 0.25) is 0 Å². The van der Waals surface area contributed by atoms with Gasteiger partial charge in [-0.15, -0.1) is 0 Å². The molecular formula is C11H8N2O2. The average Bonchev–Trinajstić information content (AvgIpc) is 3.07. The molecule has 0 aromatic carbocycles. The number of pyridine rings is 1. The number of hydrogen-bond acceptors (Lipinski definition) is 4. The Labute approximate surface area is 86.2 Å². The molecule has 0 atom stereocenters. The lowest BCUT2D eigenvalue weighted by atomic mass is 9.97. The van der Waals surface area contributed by atoms with Crippen LogP contribution in [-0.2, 0) is 0 Å². The van der Waals surface area contributed by atoms with Crippen LogP contribution < -0.4 is 0 Å². The van der Waals surface area contributed by atoms with Gasteiger partial charge in [0, 0.05) is 25.4 Å². The normalized spacial score (nSPS) is 18.7.